The van der Waals surface area contributed by atoms with Crippen molar-refractivity contribution in [2.24, 2.45) is 0 Å². The van der Waals surface area contributed by atoms with E-state index in [1.165, 1.54) is 25.2 Å². The van der Waals surface area contributed by atoms with Crippen LogP contribution < -0.4 is 23.8 Å². The number of carbonyl (C=O) groups is 2. The number of carbonyl (C=O) groups excluding carboxylic acids is 2. The lowest BCUT2D eigenvalue weighted by Crippen LogP contribution is -2.53. The largest absolute Gasteiger partial charge is 0.497 e. The van der Waals surface area contributed by atoms with Crippen LogP contribution in [0.15, 0.2) is 42.5 Å². The number of anilines is 1. The number of nitrogens with zero attached hydrogens (tertiary/aromatic N) is 2. The second kappa shape index (κ2) is 13.9. The van der Waals surface area contributed by atoms with Crippen molar-refractivity contribution in [1.82, 2.24) is 10.2 Å². The Morgan fingerprint density at radius 1 is 0.921 bits per heavy atom. The summed E-state index contributed by atoms with van der Waals surface area (Å²) in [6.45, 7) is 5.24. The Hall–Kier alpha value is -3.47. The van der Waals surface area contributed by atoms with Crippen LogP contribution in [-0.2, 0) is 26.2 Å². The highest BCUT2D eigenvalue weighted by Gasteiger charge is 2.33. The van der Waals surface area contributed by atoms with Gasteiger partial charge in [-0.2, -0.15) is 0 Å². The molecule has 10 nitrogen and oxygen atoms in total. The van der Waals surface area contributed by atoms with E-state index in [0.29, 0.717) is 17.9 Å². The number of amides is 2. The van der Waals surface area contributed by atoms with Gasteiger partial charge in [-0.25, -0.2) is 8.42 Å². The van der Waals surface area contributed by atoms with Crippen molar-refractivity contribution >= 4 is 27.5 Å². The summed E-state index contributed by atoms with van der Waals surface area (Å²) in [6, 6.07) is 10.9. The molecule has 0 spiro atoms. The predicted octanol–water partition coefficient (Wildman–Crippen LogP) is 3.20. The summed E-state index contributed by atoms with van der Waals surface area (Å²) in [4.78, 5) is 28.5. The average Bonchev–Trinajstić information content (AvgIpc) is 2.90. The molecule has 0 fully saturated rings. The maximum atomic E-state index is 13.8. The van der Waals surface area contributed by atoms with Crippen LogP contribution in [0.2, 0.25) is 0 Å². The van der Waals surface area contributed by atoms with Crippen LogP contribution in [0, 0.1) is 0 Å². The van der Waals surface area contributed by atoms with Crippen LogP contribution in [0.25, 0.3) is 0 Å². The van der Waals surface area contributed by atoms with Gasteiger partial charge in [-0.3, -0.25) is 13.9 Å². The van der Waals surface area contributed by atoms with E-state index in [0.717, 1.165) is 22.5 Å². The molecule has 0 saturated heterocycles. The summed E-state index contributed by atoms with van der Waals surface area (Å²) in [5, 5.41) is 2.95. The zero-order valence-corrected chi connectivity index (χ0v) is 24.0. The van der Waals surface area contributed by atoms with Crippen molar-refractivity contribution in [2.75, 3.05) is 38.4 Å². The predicted molar refractivity (Wildman–Crippen MR) is 147 cm³/mol. The summed E-state index contributed by atoms with van der Waals surface area (Å²) in [5.41, 5.74) is 0.951. The SMILES string of the molecule is CC[C@H](C)NC(=O)[C@H](CC)N(Cc1ccc(OC)cc1)C(=O)CN(c1ccc(OC)cc1OC)S(C)(=O)=O. The lowest BCUT2D eigenvalue weighted by molar-refractivity contribution is -0.140. The lowest BCUT2D eigenvalue weighted by Gasteiger charge is -2.33. The molecule has 0 aromatic heterocycles. The fourth-order valence-corrected chi connectivity index (χ4v) is 4.73. The van der Waals surface area contributed by atoms with Gasteiger partial charge < -0.3 is 24.4 Å². The van der Waals surface area contributed by atoms with Crippen LogP contribution in [0.5, 0.6) is 17.2 Å². The monoisotopic (exact) mass is 549 g/mol. The lowest BCUT2D eigenvalue weighted by atomic mass is 10.1. The number of ether oxygens (including phenoxy) is 3. The van der Waals surface area contributed by atoms with Crippen molar-refractivity contribution in [3.05, 3.63) is 48.0 Å². The van der Waals surface area contributed by atoms with E-state index in [2.05, 4.69) is 5.32 Å². The third kappa shape index (κ3) is 8.01. The van der Waals surface area contributed by atoms with Gasteiger partial charge in [0.15, 0.2) is 0 Å². The van der Waals surface area contributed by atoms with Gasteiger partial charge in [-0.15, -0.1) is 0 Å². The van der Waals surface area contributed by atoms with Crippen molar-refractivity contribution in [1.29, 1.82) is 0 Å². The molecule has 0 bridgehead atoms. The Labute approximate surface area is 225 Å². The summed E-state index contributed by atoms with van der Waals surface area (Å²) in [7, 11) is 0.542. The molecule has 11 heteroatoms. The summed E-state index contributed by atoms with van der Waals surface area (Å²) in [5.74, 6) is 0.528. The van der Waals surface area contributed by atoms with Crippen molar-refractivity contribution in [3.8, 4) is 17.2 Å². The highest BCUT2D eigenvalue weighted by molar-refractivity contribution is 7.92. The Morgan fingerprint density at radius 3 is 2.03 bits per heavy atom. The van der Waals surface area contributed by atoms with Gasteiger partial charge in [0.1, 0.15) is 29.8 Å². The maximum absolute atomic E-state index is 13.8. The molecule has 0 aliphatic rings. The van der Waals surface area contributed by atoms with Crippen LogP contribution in [0.1, 0.15) is 39.2 Å². The second-order valence-corrected chi connectivity index (χ2v) is 10.8. The van der Waals surface area contributed by atoms with E-state index in [1.54, 1.807) is 43.5 Å². The van der Waals surface area contributed by atoms with Gasteiger partial charge >= 0.3 is 0 Å². The Balaban J connectivity index is 2.50. The summed E-state index contributed by atoms with van der Waals surface area (Å²) < 4.78 is 42.6. The van der Waals surface area contributed by atoms with E-state index in [1.807, 2.05) is 20.8 Å². The van der Waals surface area contributed by atoms with E-state index >= 15 is 0 Å². The Morgan fingerprint density at radius 2 is 1.53 bits per heavy atom. The third-order valence-electron chi connectivity index (χ3n) is 6.23. The molecule has 2 aromatic carbocycles. The minimum atomic E-state index is -3.91. The number of methoxy groups -OCH3 is 3. The molecule has 0 unspecified atom stereocenters. The average molecular weight is 550 g/mol. The van der Waals surface area contributed by atoms with E-state index in [4.69, 9.17) is 14.2 Å². The fraction of sp³-hybridized carbons (Fsp3) is 0.481. The summed E-state index contributed by atoms with van der Waals surface area (Å²) >= 11 is 0. The first-order valence-corrected chi connectivity index (χ1v) is 14.3. The van der Waals surface area contributed by atoms with Gasteiger partial charge in [-0.05, 0) is 49.6 Å². The van der Waals surface area contributed by atoms with Gasteiger partial charge in [0.05, 0.1) is 33.3 Å². The van der Waals surface area contributed by atoms with Crippen molar-refractivity contribution in [3.63, 3.8) is 0 Å². The molecule has 0 radical (unpaired) electrons. The van der Waals surface area contributed by atoms with Crippen LogP contribution >= 0.6 is 0 Å². The van der Waals surface area contributed by atoms with Gasteiger partial charge in [0.2, 0.25) is 21.8 Å². The molecule has 210 valence electrons. The number of sulfonamides is 1. The fourth-order valence-electron chi connectivity index (χ4n) is 3.87. The molecule has 1 N–H and O–H groups in total. The number of benzene rings is 2. The minimum absolute atomic E-state index is 0.0782. The molecule has 0 aliphatic carbocycles. The van der Waals surface area contributed by atoms with Gasteiger partial charge in [0, 0.05) is 18.7 Å². The number of hydrogen-bond donors (Lipinski definition) is 1. The molecule has 2 rings (SSSR count). The smallest absolute Gasteiger partial charge is 0.244 e. The quantitative estimate of drug-likeness (QED) is 0.385. The zero-order chi connectivity index (χ0) is 28.5. The minimum Gasteiger partial charge on any atom is -0.497 e. The van der Waals surface area contributed by atoms with Crippen LogP contribution in [0.4, 0.5) is 5.69 Å². The molecule has 38 heavy (non-hydrogen) atoms. The highest BCUT2D eigenvalue weighted by atomic mass is 32.2. The third-order valence-corrected chi connectivity index (χ3v) is 7.36. The van der Waals surface area contributed by atoms with Crippen molar-refractivity contribution < 1.29 is 32.2 Å². The van der Waals surface area contributed by atoms with E-state index in [-0.39, 0.29) is 29.9 Å². The Kier molecular flexibility index (Phi) is 11.2. The number of hydrogen-bond acceptors (Lipinski definition) is 7. The Bertz CT molecular complexity index is 1190. The summed E-state index contributed by atoms with van der Waals surface area (Å²) in [6.07, 6.45) is 2.09. The van der Waals surface area contributed by atoms with Gasteiger partial charge in [-0.1, -0.05) is 26.0 Å². The first-order chi connectivity index (χ1) is 18.0. The molecule has 0 aliphatic heterocycles. The van der Waals surface area contributed by atoms with Gasteiger partial charge in [0.25, 0.3) is 0 Å². The molecule has 0 saturated carbocycles. The second-order valence-electron chi connectivity index (χ2n) is 8.92. The van der Waals surface area contributed by atoms with E-state index in [9.17, 15) is 18.0 Å². The molecule has 2 amide bonds. The molecular weight excluding hydrogens is 510 g/mol. The highest BCUT2D eigenvalue weighted by Crippen LogP contribution is 2.33. The topological polar surface area (TPSA) is 114 Å². The number of nitrogens with one attached hydrogen (secondary N) is 1. The van der Waals surface area contributed by atoms with Crippen LogP contribution in [0.3, 0.4) is 0 Å². The first-order valence-electron chi connectivity index (χ1n) is 12.4. The van der Waals surface area contributed by atoms with E-state index < -0.39 is 28.5 Å². The normalized spacial score (nSPS) is 12.7. The maximum Gasteiger partial charge on any atom is 0.244 e. The van der Waals surface area contributed by atoms with Crippen LogP contribution in [-0.4, -0.2) is 71.3 Å². The standard InChI is InChI=1S/C27H39N3O7S/c1-8-19(3)28-27(32)23(9-2)29(17-20-10-12-21(35-4)13-11-20)26(31)18-30(38(7,33)34)24-15-14-22(36-5)16-25(24)37-6/h10-16,19,23H,8-9,17-18H2,1-7H3,(H,28,32)/t19-,23-/m0/s1. The molecule has 2 aromatic rings. The molecule has 0 heterocycles. The zero-order valence-electron chi connectivity index (χ0n) is 23.2. The molecular formula is C27H39N3O7S. The molecule has 2 atom stereocenters. The number of rotatable bonds is 14. The van der Waals surface area contributed by atoms with Crippen molar-refractivity contribution in [2.45, 2.75) is 52.2 Å². The first kappa shape index (κ1) is 30.8.